The molecule has 7 aliphatic rings. The number of morpholine rings is 1. The largest absolute Gasteiger partial charge is 0.388 e. The summed E-state index contributed by atoms with van der Waals surface area (Å²) in [6.07, 6.45) is 11.9. The molecule has 0 bridgehead atoms. The van der Waals surface area contributed by atoms with Crippen LogP contribution in [-0.2, 0) is 14.2 Å². The number of hydrogen-bond donors (Lipinski definition) is 3. The first-order valence-electron chi connectivity index (χ1n) is 16.0. The number of hydrogen-bond acceptors (Lipinski definition) is 6. The Hall–Kier alpha value is 0.110. The standard InChI is InChI=1S/C32H53NO5.H2S/c1-28(2)24-9-7-19-21-16-23-20(6-8-22(37-23)27(34)29(3,4)35)30(21,5)12-13-31(19)18-32(24,31)11-10-25(28)38-26-17-33-14-15-36-26;/h19-27,33-35H,6-18H2,1-5H3;1H2/t19?,20?,21?,22?,23?,24?,25-,26?,27-,30?,31-,32+;/m0./s1. The number of rotatable bonds is 4. The Morgan fingerprint density at radius 2 is 1.72 bits per heavy atom. The summed E-state index contributed by atoms with van der Waals surface area (Å²) in [5.41, 5.74) is 0.473. The van der Waals surface area contributed by atoms with Crippen molar-refractivity contribution in [2.75, 3.05) is 19.7 Å². The Balaban J connectivity index is 0.00000277. The molecule has 2 aliphatic heterocycles. The van der Waals surface area contributed by atoms with Crippen molar-refractivity contribution < 1.29 is 24.4 Å². The van der Waals surface area contributed by atoms with Crippen LogP contribution < -0.4 is 5.32 Å². The maximum Gasteiger partial charge on any atom is 0.170 e. The molecule has 7 heteroatoms. The molecule has 0 aromatic heterocycles. The highest BCUT2D eigenvalue weighted by Gasteiger charge is 2.80. The quantitative estimate of drug-likeness (QED) is 0.456. The van der Waals surface area contributed by atoms with Gasteiger partial charge in [-0.25, -0.2) is 0 Å². The number of ether oxygens (including phenoxy) is 3. The van der Waals surface area contributed by atoms with Gasteiger partial charge in [0.15, 0.2) is 6.29 Å². The third-order valence-corrected chi connectivity index (χ3v) is 13.8. The van der Waals surface area contributed by atoms with Gasteiger partial charge in [0.2, 0.25) is 0 Å². The van der Waals surface area contributed by atoms with Crippen LogP contribution in [0.2, 0.25) is 0 Å². The number of nitrogens with one attached hydrogen (secondary N) is 1. The predicted molar refractivity (Wildman–Crippen MR) is 156 cm³/mol. The lowest BCUT2D eigenvalue weighted by molar-refractivity contribution is -0.232. The monoisotopic (exact) mass is 565 g/mol. The van der Waals surface area contributed by atoms with Crippen molar-refractivity contribution in [2.45, 2.75) is 135 Å². The van der Waals surface area contributed by atoms with Crippen molar-refractivity contribution in [2.24, 2.45) is 45.3 Å². The third-order valence-electron chi connectivity index (χ3n) is 13.8. The Kier molecular flexibility index (Phi) is 7.15. The molecule has 7 rings (SSSR count). The zero-order valence-corrected chi connectivity index (χ0v) is 26.0. The van der Waals surface area contributed by atoms with Crippen molar-refractivity contribution in [3.63, 3.8) is 0 Å². The lowest BCUT2D eigenvalue weighted by atomic mass is 9.46. The van der Waals surface area contributed by atoms with E-state index in [1.165, 1.54) is 44.9 Å². The highest BCUT2D eigenvalue weighted by atomic mass is 32.1. The second kappa shape index (κ2) is 9.56. The molecule has 0 amide bonds. The van der Waals surface area contributed by atoms with E-state index in [0.29, 0.717) is 22.2 Å². The van der Waals surface area contributed by atoms with E-state index in [0.717, 1.165) is 56.7 Å². The number of fused-ring (bicyclic) bond motifs is 4. The van der Waals surface area contributed by atoms with Gasteiger partial charge in [-0.05, 0) is 123 Å². The lowest BCUT2D eigenvalue weighted by Crippen LogP contribution is -2.56. The molecule has 2 heterocycles. The summed E-state index contributed by atoms with van der Waals surface area (Å²) >= 11 is 0. The molecule has 7 fully saturated rings. The van der Waals surface area contributed by atoms with Crippen LogP contribution in [0.1, 0.15) is 98.8 Å². The summed E-state index contributed by atoms with van der Waals surface area (Å²) in [7, 11) is 0. The Morgan fingerprint density at radius 1 is 0.949 bits per heavy atom. The van der Waals surface area contributed by atoms with Crippen LogP contribution in [0.5, 0.6) is 0 Å². The van der Waals surface area contributed by atoms with E-state index in [1.807, 2.05) is 0 Å². The van der Waals surface area contributed by atoms with Gasteiger partial charge in [-0.3, -0.25) is 0 Å². The highest BCUT2D eigenvalue weighted by Crippen LogP contribution is 2.87. The molecule has 0 aromatic carbocycles. The molecule has 5 saturated carbocycles. The van der Waals surface area contributed by atoms with E-state index in [9.17, 15) is 10.2 Å². The van der Waals surface area contributed by atoms with Crippen LogP contribution >= 0.6 is 13.5 Å². The molecule has 3 N–H and O–H groups in total. The van der Waals surface area contributed by atoms with Crippen molar-refractivity contribution in [1.29, 1.82) is 0 Å². The molecule has 6 nitrogen and oxygen atoms in total. The SMILES string of the molecule is CC12CC[C@@]34C[C@@]35CC[C@H](OC3CNCCO3)C(C)(C)C5CCC4C1CC1OC([C@H](O)C(C)(C)O)CCC12.S. The summed E-state index contributed by atoms with van der Waals surface area (Å²) in [6.45, 7) is 13.5. The van der Waals surface area contributed by atoms with E-state index < -0.39 is 11.7 Å². The van der Waals surface area contributed by atoms with Crippen molar-refractivity contribution >= 4 is 13.5 Å². The van der Waals surface area contributed by atoms with Gasteiger partial charge in [-0.2, -0.15) is 13.5 Å². The topological polar surface area (TPSA) is 80.2 Å². The average molecular weight is 566 g/mol. The van der Waals surface area contributed by atoms with E-state index >= 15 is 0 Å². The van der Waals surface area contributed by atoms with Crippen LogP contribution in [0, 0.1) is 45.3 Å². The first-order chi connectivity index (χ1) is 17.9. The molecule has 8 unspecified atom stereocenters. The van der Waals surface area contributed by atoms with E-state index in [-0.39, 0.29) is 43.5 Å². The molecule has 0 radical (unpaired) electrons. The van der Waals surface area contributed by atoms with Gasteiger partial charge in [0.25, 0.3) is 0 Å². The van der Waals surface area contributed by atoms with Crippen LogP contribution in [0.3, 0.4) is 0 Å². The highest BCUT2D eigenvalue weighted by molar-refractivity contribution is 7.59. The number of aliphatic hydroxyl groups excluding tert-OH is 1. The summed E-state index contributed by atoms with van der Waals surface area (Å²) in [5, 5.41) is 24.7. The van der Waals surface area contributed by atoms with E-state index in [1.54, 1.807) is 13.8 Å². The maximum absolute atomic E-state index is 10.8. The van der Waals surface area contributed by atoms with Crippen molar-refractivity contribution in [1.82, 2.24) is 5.32 Å². The molecule has 0 aromatic rings. The normalized spacial score (nSPS) is 52.7. The molecule has 12 atom stereocenters. The van der Waals surface area contributed by atoms with E-state index in [4.69, 9.17) is 14.2 Å². The average Bonchev–Trinajstić information content (AvgIpc) is 3.45. The van der Waals surface area contributed by atoms with Gasteiger partial charge < -0.3 is 29.7 Å². The van der Waals surface area contributed by atoms with Crippen molar-refractivity contribution in [3.8, 4) is 0 Å². The smallest absolute Gasteiger partial charge is 0.170 e. The molecule has 224 valence electrons. The maximum atomic E-state index is 10.8. The minimum Gasteiger partial charge on any atom is -0.388 e. The minimum absolute atomic E-state index is 0. The van der Waals surface area contributed by atoms with Gasteiger partial charge in [-0.15, -0.1) is 0 Å². The van der Waals surface area contributed by atoms with Gasteiger partial charge in [-0.1, -0.05) is 20.8 Å². The van der Waals surface area contributed by atoms with Crippen LogP contribution in [0.25, 0.3) is 0 Å². The molecule has 39 heavy (non-hydrogen) atoms. The van der Waals surface area contributed by atoms with Crippen LogP contribution in [0.15, 0.2) is 0 Å². The van der Waals surface area contributed by atoms with Crippen molar-refractivity contribution in [3.05, 3.63) is 0 Å². The first-order valence-corrected chi connectivity index (χ1v) is 16.0. The Morgan fingerprint density at radius 3 is 2.44 bits per heavy atom. The molecule has 2 spiro atoms. The minimum atomic E-state index is -1.12. The third kappa shape index (κ3) is 4.10. The molecule has 5 aliphatic carbocycles. The van der Waals surface area contributed by atoms with Crippen LogP contribution in [0.4, 0.5) is 0 Å². The summed E-state index contributed by atoms with van der Waals surface area (Å²) in [4.78, 5) is 0. The summed E-state index contributed by atoms with van der Waals surface area (Å²) < 4.78 is 19.3. The fourth-order valence-electron chi connectivity index (χ4n) is 12.0. The zero-order valence-electron chi connectivity index (χ0n) is 25.0. The van der Waals surface area contributed by atoms with Gasteiger partial charge in [0.1, 0.15) is 6.10 Å². The Bertz CT molecular complexity index is 934. The van der Waals surface area contributed by atoms with Gasteiger partial charge >= 0.3 is 0 Å². The molecular weight excluding hydrogens is 510 g/mol. The fraction of sp³-hybridized carbons (Fsp3) is 1.00. The lowest BCUT2D eigenvalue weighted by Gasteiger charge is -2.60. The summed E-state index contributed by atoms with van der Waals surface area (Å²) in [6, 6.07) is 0. The van der Waals surface area contributed by atoms with Gasteiger partial charge in [0, 0.05) is 13.1 Å². The summed E-state index contributed by atoms with van der Waals surface area (Å²) in [5.74, 6) is 2.91. The van der Waals surface area contributed by atoms with E-state index in [2.05, 4.69) is 26.1 Å². The number of aliphatic hydroxyl groups is 2. The first kappa shape index (κ1) is 29.2. The predicted octanol–water partition coefficient (Wildman–Crippen LogP) is 4.77. The Labute approximate surface area is 243 Å². The van der Waals surface area contributed by atoms with Gasteiger partial charge in [0.05, 0.1) is 30.5 Å². The second-order valence-electron chi connectivity index (χ2n) is 16.1. The second-order valence-corrected chi connectivity index (χ2v) is 16.1. The van der Waals surface area contributed by atoms with Crippen LogP contribution in [-0.4, -0.2) is 66.2 Å². The fourth-order valence-corrected chi connectivity index (χ4v) is 12.0. The molecular formula is C32H55NO5S. The zero-order chi connectivity index (χ0) is 26.7. The molecule has 2 saturated heterocycles.